The van der Waals surface area contributed by atoms with Crippen molar-refractivity contribution < 1.29 is 0 Å². The summed E-state index contributed by atoms with van der Waals surface area (Å²) in [7, 11) is 0. The van der Waals surface area contributed by atoms with Crippen LogP contribution in [0.15, 0.2) is 17.5 Å². The summed E-state index contributed by atoms with van der Waals surface area (Å²) in [4.78, 5) is 0.728. The van der Waals surface area contributed by atoms with E-state index in [2.05, 4.69) is 15.4 Å². The molecule has 0 atom stereocenters. The second-order valence-corrected chi connectivity index (χ2v) is 8.84. The molecular weight excluding hydrogens is 395 g/mol. The van der Waals surface area contributed by atoms with E-state index in [1.165, 1.54) is 11.3 Å². The Morgan fingerprint density at radius 2 is 1.63 bits per heavy atom. The van der Waals surface area contributed by atoms with Crippen LogP contribution in [0, 0.1) is 0 Å². The molecule has 0 aliphatic rings. The fourth-order valence-electron chi connectivity index (χ4n) is 1.38. The minimum Gasteiger partial charge on any atom is -0.142 e. The number of thiophene rings is 1. The van der Waals surface area contributed by atoms with Crippen LogP contribution >= 0.6 is 80.9 Å². The second kappa shape index (κ2) is 5.68. The monoisotopic (exact) mass is 395 g/mol. The van der Waals surface area contributed by atoms with E-state index in [-0.39, 0.29) is 11.3 Å². The molecule has 0 unspecified atom stereocenters. The van der Waals surface area contributed by atoms with Gasteiger partial charge in [0.05, 0.1) is 10.4 Å². The van der Waals surface area contributed by atoms with Crippen molar-refractivity contribution in [3.63, 3.8) is 0 Å². The van der Waals surface area contributed by atoms with Crippen molar-refractivity contribution in [2.45, 2.75) is 7.59 Å². The molecule has 3 nitrogen and oxygen atoms in total. The van der Waals surface area contributed by atoms with Crippen molar-refractivity contribution in [1.82, 2.24) is 15.4 Å². The largest absolute Gasteiger partial charge is 0.234 e. The molecule has 2 aromatic rings. The second-order valence-electron chi connectivity index (χ2n) is 3.33. The predicted octanol–water partition coefficient (Wildman–Crippen LogP) is 5.25. The number of aromatic nitrogens is 3. The van der Waals surface area contributed by atoms with E-state index in [0.29, 0.717) is 5.69 Å². The molecule has 0 amide bonds. The summed E-state index contributed by atoms with van der Waals surface area (Å²) in [5.41, 5.74) is 0.372. The first-order valence-electron chi connectivity index (χ1n) is 4.63. The minimum atomic E-state index is -1.87. The fraction of sp³-hybridized carbons (Fsp3) is 0.222. The lowest BCUT2D eigenvalue weighted by Crippen LogP contribution is -2.18. The third-order valence-electron chi connectivity index (χ3n) is 2.07. The highest BCUT2D eigenvalue weighted by Crippen LogP contribution is 2.49. The van der Waals surface area contributed by atoms with Gasteiger partial charge in [-0.2, -0.15) is 0 Å². The molecule has 102 valence electrons. The summed E-state index contributed by atoms with van der Waals surface area (Å²) in [5, 5.41) is 13.0. The van der Waals surface area contributed by atoms with Crippen molar-refractivity contribution in [2.75, 3.05) is 0 Å². The Morgan fingerprint density at radius 3 is 2.11 bits per heavy atom. The van der Waals surface area contributed by atoms with Gasteiger partial charge in [0.1, 0.15) is 11.4 Å². The lowest BCUT2D eigenvalue weighted by Gasteiger charge is -2.20. The molecule has 2 aromatic heterocycles. The highest BCUT2D eigenvalue weighted by Gasteiger charge is 2.40. The molecule has 0 aliphatic carbocycles. The first-order chi connectivity index (χ1) is 8.71. The van der Waals surface area contributed by atoms with Crippen molar-refractivity contribution in [3.8, 4) is 10.6 Å². The van der Waals surface area contributed by atoms with Crippen molar-refractivity contribution in [3.05, 3.63) is 28.8 Å². The van der Waals surface area contributed by atoms with Gasteiger partial charge in [0, 0.05) is 0 Å². The van der Waals surface area contributed by atoms with Crippen LogP contribution in [0.25, 0.3) is 10.6 Å². The van der Waals surface area contributed by atoms with Gasteiger partial charge in [0.25, 0.3) is 0 Å². The Balaban J connectivity index is 2.76. The van der Waals surface area contributed by atoms with Gasteiger partial charge in [-0.25, -0.2) is 0 Å². The van der Waals surface area contributed by atoms with Gasteiger partial charge in [-0.3, -0.25) is 0 Å². The molecule has 0 fully saturated rings. The molecule has 10 heteroatoms. The average Bonchev–Trinajstić information content (AvgIpc) is 2.79. The molecule has 0 aromatic carbocycles. The van der Waals surface area contributed by atoms with Crippen LogP contribution in [0.2, 0.25) is 0 Å². The fourth-order valence-corrected chi connectivity index (χ4v) is 3.03. The van der Waals surface area contributed by atoms with Gasteiger partial charge in [-0.1, -0.05) is 75.7 Å². The SMILES string of the molecule is ClC(Cl)(Cl)c1nnnc(-c2cccs2)c1C(Cl)(Cl)Cl. The first kappa shape index (κ1) is 15.8. The van der Waals surface area contributed by atoms with Gasteiger partial charge in [0.15, 0.2) is 0 Å². The highest BCUT2D eigenvalue weighted by atomic mass is 35.6. The number of hydrogen-bond donors (Lipinski definition) is 0. The molecule has 2 rings (SSSR count). The maximum atomic E-state index is 5.94. The summed E-state index contributed by atoms with van der Waals surface area (Å²) in [6.07, 6.45) is 0. The van der Waals surface area contributed by atoms with E-state index < -0.39 is 7.59 Å². The van der Waals surface area contributed by atoms with E-state index in [4.69, 9.17) is 69.6 Å². The standard InChI is InChI=1S/C9H3Cl6N3S/c10-8(11,12)5-6(4-2-1-3-19-4)16-18-17-7(5)9(13,14)15/h1-3H. The Kier molecular flexibility index (Phi) is 4.73. The predicted molar refractivity (Wildman–Crippen MR) is 81.6 cm³/mol. The number of rotatable bonds is 1. The van der Waals surface area contributed by atoms with Crippen molar-refractivity contribution >= 4 is 80.9 Å². The van der Waals surface area contributed by atoms with Crippen LogP contribution < -0.4 is 0 Å². The summed E-state index contributed by atoms with van der Waals surface area (Å²) in [6, 6.07) is 3.61. The quantitative estimate of drug-likeness (QED) is 0.616. The maximum absolute atomic E-state index is 5.94. The van der Waals surface area contributed by atoms with E-state index in [9.17, 15) is 0 Å². The lowest BCUT2D eigenvalue weighted by molar-refractivity contribution is 0.801. The average molecular weight is 398 g/mol. The van der Waals surface area contributed by atoms with Crippen LogP contribution in [0.3, 0.4) is 0 Å². The number of alkyl halides is 6. The molecular formula is C9H3Cl6N3S. The van der Waals surface area contributed by atoms with E-state index in [1.54, 1.807) is 6.07 Å². The Hall–Kier alpha value is 0.450. The number of halogens is 6. The smallest absolute Gasteiger partial charge is 0.142 e. The van der Waals surface area contributed by atoms with Gasteiger partial charge >= 0.3 is 0 Å². The summed E-state index contributed by atoms with van der Waals surface area (Å²) in [6.45, 7) is 0. The summed E-state index contributed by atoms with van der Waals surface area (Å²) < 4.78 is -3.72. The topological polar surface area (TPSA) is 38.7 Å². The first-order valence-corrected chi connectivity index (χ1v) is 7.77. The maximum Gasteiger partial charge on any atom is 0.234 e. The molecule has 0 bridgehead atoms. The van der Waals surface area contributed by atoms with E-state index >= 15 is 0 Å². The van der Waals surface area contributed by atoms with Gasteiger partial charge in [0.2, 0.25) is 7.59 Å². The van der Waals surface area contributed by atoms with Crippen LogP contribution in [-0.4, -0.2) is 15.4 Å². The van der Waals surface area contributed by atoms with Crippen LogP contribution in [0.5, 0.6) is 0 Å². The van der Waals surface area contributed by atoms with Crippen molar-refractivity contribution in [2.24, 2.45) is 0 Å². The van der Waals surface area contributed by atoms with Crippen LogP contribution in [-0.2, 0) is 7.59 Å². The zero-order chi connectivity index (χ0) is 14.3. The van der Waals surface area contributed by atoms with Gasteiger partial charge in [-0.05, 0) is 16.7 Å². The van der Waals surface area contributed by atoms with Crippen molar-refractivity contribution in [1.29, 1.82) is 0 Å². The Morgan fingerprint density at radius 1 is 0.947 bits per heavy atom. The van der Waals surface area contributed by atoms with E-state index in [1.807, 2.05) is 11.4 Å². The molecule has 0 spiro atoms. The Bertz CT molecular complexity index is 575. The minimum absolute atomic E-state index is 0.0594. The number of hydrogen-bond acceptors (Lipinski definition) is 4. The molecule has 0 saturated heterocycles. The normalized spacial score (nSPS) is 12.7. The van der Waals surface area contributed by atoms with Gasteiger partial charge in [-0.15, -0.1) is 21.5 Å². The molecule has 0 saturated carbocycles. The zero-order valence-corrected chi connectivity index (χ0v) is 14.1. The van der Waals surface area contributed by atoms with Crippen LogP contribution in [0.4, 0.5) is 0 Å². The van der Waals surface area contributed by atoms with E-state index in [0.717, 1.165) is 4.88 Å². The molecule has 0 aliphatic heterocycles. The molecule has 0 N–H and O–H groups in total. The zero-order valence-electron chi connectivity index (χ0n) is 8.75. The summed E-state index contributed by atoms with van der Waals surface area (Å²) in [5.74, 6) is 0. The molecule has 2 heterocycles. The van der Waals surface area contributed by atoms with Gasteiger partial charge < -0.3 is 0 Å². The third-order valence-corrected chi connectivity index (χ3v) is 4.05. The molecule has 0 radical (unpaired) electrons. The summed E-state index contributed by atoms with van der Waals surface area (Å²) >= 11 is 36.7. The molecule has 19 heavy (non-hydrogen) atoms. The lowest BCUT2D eigenvalue weighted by atomic mass is 10.1. The number of nitrogens with zero attached hydrogens (tertiary/aromatic N) is 3. The highest BCUT2D eigenvalue weighted by molar-refractivity contribution is 7.13. The third kappa shape index (κ3) is 3.56. The Labute approximate surface area is 142 Å². The van der Waals surface area contributed by atoms with Crippen LogP contribution in [0.1, 0.15) is 11.3 Å².